The second-order valence-corrected chi connectivity index (χ2v) is 3.70. The molecule has 1 rings (SSSR count). The average Bonchev–Trinajstić information content (AvgIpc) is 2.20. The van der Waals surface area contributed by atoms with Crippen molar-refractivity contribution >= 4 is 5.91 Å². The zero-order valence-electron chi connectivity index (χ0n) is 9.16. The van der Waals surface area contributed by atoms with Crippen LogP contribution in [0.4, 0.5) is 0 Å². The predicted molar refractivity (Wildman–Crippen MR) is 59.0 cm³/mol. The van der Waals surface area contributed by atoms with Crippen LogP contribution in [0, 0.1) is 12.8 Å². The Bertz CT molecular complexity index is 338. The molecule has 0 spiro atoms. The average molecular weight is 207 g/mol. The van der Waals surface area contributed by atoms with E-state index in [0.29, 0.717) is 13.1 Å². The number of nitrogens with zero attached hydrogens (tertiary/aromatic N) is 1. The van der Waals surface area contributed by atoms with E-state index in [9.17, 15) is 4.79 Å². The summed E-state index contributed by atoms with van der Waals surface area (Å²) >= 11 is 0. The first-order valence-corrected chi connectivity index (χ1v) is 5.01. The molecule has 4 nitrogen and oxygen atoms in total. The Hall–Kier alpha value is -1.42. The fourth-order valence-electron chi connectivity index (χ4n) is 1.21. The molecule has 1 atom stereocenters. The number of aryl methyl sites for hydroxylation is 1. The minimum atomic E-state index is -0.278. The summed E-state index contributed by atoms with van der Waals surface area (Å²) in [7, 11) is 0. The van der Waals surface area contributed by atoms with Crippen molar-refractivity contribution in [3.8, 4) is 0 Å². The van der Waals surface area contributed by atoms with E-state index in [1.807, 2.05) is 19.1 Å². The molecule has 0 aromatic carbocycles. The Morgan fingerprint density at radius 1 is 1.67 bits per heavy atom. The SMILES string of the molecule is Cc1cccnc1CNCC(C)C(N)=O. The van der Waals surface area contributed by atoms with Gasteiger partial charge in [-0.1, -0.05) is 13.0 Å². The highest BCUT2D eigenvalue weighted by Gasteiger charge is 2.07. The highest BCUT2D eigenvalue weighted by molar-refractivity contribution is 5.76. The topological polar surface area (TPSA) is 68.0 Å². The maximum Gasteiger partial charge on any atom is 0.221 e. The van der Waals surface area contributed by atoms with Crippen LogP contribution in [-0.2, 0) is 11.3 Å². The quantitative estimate of drug-likeness (QED) is 0.743. The van der Waals surface area contributed by atoms with Crippen LogP contribution in [0.2, 0.25) is 0 Å². The van der Waals surface area contributed by atoms with Crippen LogP contribution in [-0.4, -0.2) is 17.4 Å². The Kier molecular flexibility index (Phi) is 4.24. The van der Waals surface area contributed by atoms with E-state index >= 15 is 0 Å². The summed E-state index contributed by atoms with van der Waals surface area (Å²) in [5, 5.41) is 3.16. The number of nitrogens with two attached hydrogens (primary N) is 1. The van der Waals surface area contributed by atoms with E-state index in [-0.39, 0.29) is 11.8 Å². The molecule has 1 heterocycles. The molecule has 0 radical (unpaired) electrons. The molecule has 0 aliphatic heterocycles. The summed E-state index contributed by atoms with van der Waals surface area (Å²) in [6.07, 6.45) is 1.77. The zero-order valence-corrected chi connectivity index (χ0v) is 9.16. The Morgan fingerprint density at radius 2 is 2.40 bits per heavy atom. The molecule has 1 unspecified atom stereocenters. The first-order valence-electron chi connectivity index (χ1n) is 5.01. The summed E-state index contributed by atoms with van der Waals surface area (Å²) in [6, 6.07) is 3.92. The third-order valence-corrected chi connectivity index (χ3v) is 2.35. The largest absolute Gasteiger partial charge is 0.369 e. The molecule has 0 bridgehead atoms. The van der Waals surface area contributed by atoms with Crippen LogP contribution in [0.1, 0.15) is 18.2 Å². The van der Waals surface area contributed by atoms with E-state index in [0.717, 1.165) is 11.3 Å². The molecule has 1 aromatic rings. The number of hydrogen-bond donors (Lipinski definition) is 2. The maximum atomic E-state index is 10.8. The van der Waals surface area contributed by atoms with Gasteiger partial charge in [-0.05, 0) is 18.6 Å². The van der Waals surface area contributed by atoms with Gasteiger partial charge in [-0.25, -0.2) is 0 Å². The van der Waals surface area contributed by atoms with Crippen LogP contribution in [0.15, 0.2) is 18.3 Å². The molecule has 1 aromatic heterocycles. The van der Waals surface area contributed by atoms with Crippen LogP contribution in [0.25, 0.3) is 0 Å². The van der Waals surface area contributed by atoms with Gasteiger partial charge in [-0.3, -0.25) is 9.78 Å². The summed E-state index contributed by atoms with van der Waals surface area (Å²) in [4.78, 5) is 15.0. The Morgan fingerprint density at radius 3 is 3.00 bits per heavy atom. The number of pyridine rings is 1. The smallest absolute Gasteiger partial charge is 0.221 e. The summed E-state index contributed by atoms with van der Waals surface area (Å²) in [6.45, 7) is 5.08. The van der Waals surface area contributed by atoms with Crippen molar-refractivity contribution in [3.63, 3.8) is 0 Å². The Labute approximate surface area is 89.9 Å². The number of amides is 1. The molecular weight excluding hydrogens is 190 g/mol. The molecule has 82 valence electrons. The highest BCUT2D eigenvalue weighted by atomic mass is 16.1. The van der Waals surface area contributed by atoms with Crippen LogP contribution in [0.5, 0.6) is 0 Å². The van der Waals surface area contributed by atoms with Gasteiger partial charge in [0.1, 0.15) is 0 Å². The van der Waals surface area contributed by atoms with Crippen molar-refractivity contribution in [1.82, 2.24) is 10.3 Å². The van der Waals surface area contributed by atoms with Crippen molar-refractivity contribution in [3.05, 3.63) is 29.6 Å². The van der Waals surface area contributed by atoms with E-state index < -0.39 is 0 Å². The molecule has 15 heavy (non-hydrogen) atoms. The molecule has 4 heteroatoms. The number of carbonyl (C=O) groups excluding carboxylic acids is 1. The van der Waals surface area contributed by atoms with Gasteiger partial charge in [-0.2, -0.15) is 0 Å². The van der Waals surface area contributed by atoms with Gasteiger partial charge in [0.25, 0.3) is 0 Å². The van der Waals surface area contributed by atoms with Crippen molar-refractivity contribution in [1.29, 1.82) is 0 Å². The number of aromatic nitrogens is 1. The van der Waals surface area contributed by atoms with E-state index in [1.54, 1.807) is 13.1 Å². The second-order valence-electron chi connectivity index (χ2n) is 3.70. The lowest BCUT2D eigenvalue weighted by atomic mass is 10.1. The summed E-state index contributed by atoms with van der Waals surface area (Å²) < 4.78 is 0. The van der Waals surface area contributed by atoms with E-state index in [4.69, 9.17) is 5.73 Å². The van der Waals surface area contributed by atoms with Gasteiger partial charge in [0.05, 0.1) is 5.69 Å². The highest BCUT2D eigenvalue weighted by Crippen LogP contribution is 2.02. The molecular formula is C11H17N3O. The maximum absolute atomic E-state index is 10.8. The van der Waals surface area contributed by atoms with Crippen LogP contribution in [0.3, 0.4) is 0 Å². The lowest BCUT2D eigenvalue weighted by Crippen LogP contribution is -2.31. The third kappa shape index (κ3) is 3.67. The fraction of sp³-hybridized carbons (Fsp3) is 0.455. The van der Waals surface area contributed by atoms with Crippen molar-refractivity contribution in [2.24, 2.45) is 11.7 Å². The first kappa shape index (κ1) is 11.7. The van der Waals surface area contributed by atoms with E-state index in [1.165, 1.54) is 0 Å². The molecule has 0 saturated heterocycles. The molecule has 0 aliphatic carbocycles. The number of primary amides is 1. The fourth-order valence-corrected chi connectivity index (χ4v) is 1.21. The number of rotatable bonds is 5. The summed E-state index contributed by atoms with van der Waals surface area (Å²) in [5.41, 5.74) is 7.31. The minimum Gasteiger partial charge on any atom is -0.369 e. The third-order valence-electron chi connectivity index (χ3n) is 2.35. The van der Waals surface area contributed by atoms with Crippen molar-refractivity contribution in [2.45, 2.75) is 20.4 Å². The molecule has 1 amide bonds. The van der Waals surface area contributed by atoms with Gasteiger partial charge >= 0.3 is 0 Å². The molecule has 0 aliphatic rings. The van der Waals surface area contributed by atoms with Gasteiger partial charge in [0.15, 0.2) is 0 Å². The van der Waals surface area contributed by atoms with Gasteiger partial charge in [0.2, 0.25) is 5.91 Å². The lowest BCUT2D eigenvalue weighted by Gasteiger charge is -2.09. The van der Waals surface area contributed by atoms with E-state index in [2.05, 4.69) is 10.3 Å². The van der Waals surface area contributed by atoms with Crippen LogP contribution < -0.4 is 11.1 Å². The first-order chi connectivity index (χ1) is 7.11. The zero-order chi connectivity index (χ0) is 11.3. The molecule has 0 fully saturated rings. The van der Waals surface area contributed by atoms with Crippen molar-refractivity contribution in [2.75, 3.05) is 6.54 Å². The van der Waals surface area contributed by atoms with Gasteiger partial charge in [-0.15, -0.1) is 0 Å². The number of nitrogens with one attached hydrogen (secondary N) is 1. The molecule has 0 saturated carbocycles. The van der Waals surface area contributed by atoms with Crippen molar-refractivity contribution < 1.29 is 4.79 Å². The normalized spacial score (nSPS) is 12.4. The number of hydrogen-bond acceptors (Lipinski definition) is 3. The lowest BCUT2D eigenvalue weighted by molar-refractivity contribution is -0.121. The predicted octanol–water partition coefficient (Wildman–Crippen LogP) is 0.601. The second kappa shape index (κ2) is 5.46. The van der Waals surface area contributed by atoms with Crippen LogP contribution >= 0.6 is 0 Å². The monoisotopic (exact) mass is 207 g/mol. The summed E-state index contributed by atoms with van der Waals surface area (Å²) in [5.74, 6) is -0.422. The van der Waals surface area contributed by atoms with Gasteiger partial charge < -0.3 is 11.1 Å². The molecule has 3 N–H and O–H groups in total. The van der Waals surface area contributed by atoms with Gasteiger partial charge in [0, 0.05) is 25.2 Å². The Balaban J connectivity index is 2.38. The minimum absolute atomic E-state index is 0.144. The number of carbonyl (C=O) groups is 1. The standard InChI is InChI=1S/C11H17N3O/c1-8-4-3-5-14-10(8)7-13-6-9(2)11(12)15/h3-5,9,13H,6-7H2,1-2H3,(H2,12,15).